The van der Waals surface area contributed by atoms with E-state index in [1.54, 1.807) is 25.7 Å². The summed E-state index contributed by atoms with van der Waals surface area (Å²) < 4.78 is 0. The predicted octanol–water partition coefficient (Wildman–Crippen LogP) is 1.94. The van der Waals surface area contributed by atoms with Crippen molar-refractivity contribution in [3.8, 4) is 0 Å². The first-order valence-corrected chi connectivity index (χ1v) is 6.89. The molecule has 1 N–H and O–H groups in total. The molecule has 0 saturated carbocycles. The van der Waals surface area contributed by atoms with Crippen LogP contribution in [0.5, 0.6) is 0 Å². The van der Waals surface area contributed by atoms with Crippen LogP contribution in [0.25, 0.3) is 0 Å². The van der Waals surface area contributed by atoms with Crippen LogP contribution >= 0.6 is 0 Å². The van der Waals surface area contributed by atoms with Crippen molar-refractivity contribution in [2.24, 2.45) is 5.92 Å². The molecule has 1 aliphatic heterocycles. The maximum absolute atomic E-state index is 12.2. The second-order valence-electron chi connectivity index (χ2n) is 6.18. The average Bonchev–Trinajstić information content (AvgIpc) is 2.25. The van der Waals surface area contributed by atoms with Crippen LogP contribution < -0.4 is 5.32 Å². The second kappa shape index (κ2) is 5.72. The number of hydrogen-bond donors (Lipinski definition) is 1. The number of carbonyl (C=O) groups is 2. The van der Waals surface area contributed by atoms with Gasteiger partial charge in [0.2, 0.25) is 11.8 Å². The second-order valence-corrected chi connectivity index (χ2v) is 6.18. The Balaban J connectivity index is 2.56. The van der Waals surface area contributed by atoms with E-state index in [4.69, 9.17) is 0 Å². The molecule has 1 heterocycles. The molecule has 1 saturated heterocycles. The van der Waals surface area contributed by atoms with Gasteiger partial charge in [0, 0.05) is 6.54 Å². The van der Waals surface area contributed by atoms with E-state index in [0.29, 0.717) is 12.5 Å². The molecule has 0 aromatic rings. The number of piperazine rings is 1. The van der Waals surface area contributed by atoms with Gasteiger partial charge in [0.25, 0.3) is 0 Å². The molecular formula is C14H26N2O2. The first-order valence-electron chi connectivity index (χ1n) is 6.89. The molecule has 1 rings (SSSR count). The summed E-state index contributed by atoms with van der Waals surface area (Å²) in [6.07, 6.45) is 3.25. The minimum absolute atomic E-state index is 0.0270. The Morgan fingerprint density at radius 2 is 1.89 bits per heavy atom. The van der Waals surface area contributed by atoms with Gasteiger partial charge in [0.05, 0.1) is 0 Å². The van der Waals surface area contributed by atoms with E-state index in [2.05, 4.69) is 19.2 Å². The van der Waals surface area contributed by atoms with Crippen LogP contribution in [0.15, 0.2) is 0 Å². The molecule has 4 nitrogen and oxygen atoms in total. The molecule has 1 unspecified atom stereocenters. The van der Waals surface area contributed by atoms with Crippen LogP contribution in [0.4, 0.5) is 0 Å². The van der Waals surface area contributed by atoms with Crippen LogP contribution in [-0.4, -0.2) is 34.8 Å². The first-order chi connectivity index (χ1) is 8.25. The molecule has 0 aromatic carbocycles. The lowest BCUT2D eigenvalue weighted by Gasteiger charge is -2.41. The van der Waals surface area contributed by atoms with E-state index in [0.717, 1.165) is 12.8 Å². The fourth-order valence-electron chi connectivity index (χ4n) is 2.27. The molecule has 0 spiro atoms. The zero-order valence-corrected chi connectivity index (χ0v) is 12.2. The van der Waals surface area contributed by atoms with E-state index in [1.165, 1.54) is 6.42 Å². The molecule has 1 atom stereocenters. The Bertz CT molecular complexity index is 324. The highest BCUT2D eigenvalue weighted by atomic mass is 16.2. The third-order valence-corrected chi connectivity index (χ3v) is 3.51. The van der Waals surface area contributed by atoms with Gasteiger partial charge in [0.1, 0.15) is 11.6 Å². The molecule has 0 radical (unpaired) electrons. The lowest BCUT2D eigenvalue weighted by atomic mass is 9.96. The fraction of sp³-hybridized carbons (Fsp3) is 0.857. The van der Waals surface area contributed by atoms with Crippen LogP contribution in [0.3, 0.4) is 0 Å². The fourth-order valence-corrected chi connectivity index (χ4v) is 2.27. The Labute approximate surface area is 110 Å². The number of amides is 2. The summed E-state index contributed by atoms with van der Waals surface area (Å²) in [5.74, 6) is 0.668. The monoisotopic (exact) mass is 254 g/mol. The van der Waals surface area contributed by atoms with Crippen molar-refractivity contribution in [3.63, 3.8) is 0 Å². The third kappa shape index (κ3) is 3.47. The van der Waals surface area contributed by atoms with Gasteiger partial charge in [-0.1, -0.05) is 26.7 Å². The number of carbonyl (C=O) groups excluding carboxylic acids is 2. The van der Waals surface area contributed by atoms with Gasteiger partial charge in [-0.25, -0.2) is 0 Å². The van der Waals surface area contributed by atoms with Gasteiger partial charge in [-0.2, -0.15) is 0 Å². The van der Waals surface area contributed by atoms with Gasteiger partial charge in [-0.15, -0.1) is 0 Å². The Hall–Kier alpha value is -1.06. The molecular weight excluding hydrogens is 228 g/mol. The lowest BCUT2D eigenvalue weighted by Crippen LogP contribution is -2.67. The Morgan fingerprint density at radius 3 is 2.44 bits per heavy atom. The highest BCUT2D eigenvalue weighted by Crippen LogP contribution is 2.19. The maximum atomic E-state index is 12.2. The van der Waals surface area contributed by atoms with E-state index < -0.39 is 5.54 Å². The Morgan fingerprint density at radius 1 is 1.28 bits per heavy atom. The summed E-state index contributed by atoms with van der Waals surface area (Å²) in [6.45, 7) is 10.4. The topological polar surface area (TPSA) is 49.4 Å². The summed E-state index contributed by atoms with van der Waals surface area (Å²) >= 11 is 0. The van der Waals surface area contributed by atoms with Crippen molar-refractivity contribution in [2.45, 2.75) is 65.5 Å². The lowest BCUT2D eigenvalue weighted by molar-refractivity contribution is -0.152. The van der Waals surface area contributed by atoms with Gasteiger partial charge >= 0.3 is 0 Å². The minimum Gasteiger partial charge on any atom is -0.340 e. The van der Waals surface area contributed by atoms with E-state index in [9.17, 15) is 9.59 Å². The highest BCUT2D eigenvalue weighted by Gasteiger charge is 2.42. The summed E-state index contributed by atoms with van der Waals surface area (Å²) in [5, 5.41) is 2.76. The quantitative estimate of drug-likeness (QED) is 0.762. The normalized spacial score (nSPS) is 23.4. The molecule has 1 fully saturated rings. The van der Waals surface area contributed by atoms with E-state index >= 15 is 0 Å². The van der Waals surface area contributed by atoms with Gasteiger partial charge in [0.15, 0.2) is 0 Å². The zero-order chi connectivity index (χ0) is 13.9. The van der Waals surface area contributed by atoms with Gasteiger partial charge in [-0.05, 0) is 33.1 Å². The van der Waals surface area contributed by atoms with Crippen LogP contribution in [-0.2, 0) is 9.59 Å². The van der Waals surface area contributed by atoms with Crippen LogP contribution in [0.1, 0.15) is 53.9 Å². The van der Waals surface area contributed by atoms with Gasteiger partial charge in [-0.3, -0.25) is 9.59 Å². The first kappa shape index (κ1) is 15.0. The molecule has 0 aromatic heterocycles. The summed E-state index contributed by atoms with van der Waals surface area (Å²) in [5.41, 5.74) is -0.762. The molecule has 2 amide bonds. The van der Waals surface area contributed by atoms with Crippen molar-refractivity contribution in [1.29, 1.82) is 0 Å². The number of unbranched alkanes of at least 4 members (excludes halogenated alkanes) is 1. The molecule has 104 valence electrons. The Kier molecular flexibility index (Phi) is 4.77. The van der Waals surface area contributed by atoms with Crippen molar-refractivity contribution < 1.29 is 9.59 Å². The summed E-state index contributed by atoms with van der Waals surface area (Å²) in [4.78, 5) is 25.8. The largest absolute Gasteiger partial charge is 0.340 e. The standard InChI is InChI=1S/C14H26N2O2/c1-10(2)8-6-7-9-16-11(3)12(17)15-14(4,5)13(16)18/h10-11H,6-9H2,1-5H3,(H,15,17). The van der Waals surface area contributed by atoms with Crippen molar-refractivity contribution >= 4 is 11.8 Å². The maximum Gasteiger partial charge on any atom is 0.248 e. The smallest absolute Gasteiger partial charge is 0.248 e. The predicted molar refractivity (Wildman–Crippen MR) is 72.1 cm³/mol. The van der Waals surface area contributed by atoms with Gasteiger partial charge < -0.3 is 10.2 Å². The van der Waals surface area contributed by atoms with Crippen molar-refractivity contribution in [2.75, 3.05) is 6.54 Å². The summed E-state index contributed by atoms with van der Waals surface area (Å²) in [6, 6.07) is -0.343. The van der Waals surface area contributed by atoms with Crippen LogP contribution in [0.2, 0.25) is 0 Å². The molecule has 0 bridgehead atoms. The third-order valence-electron chi connectivity index (χ3n) is 3.51. The average molecular weight is 254 g/mol. The van der Waals surface area contributed by atoms with Crippen molar-refractivity contribution in [3.05, 3.63) is 0 Å². The molecule has 4 heteroatoms. The zero-order valence-electron chi connectivity index (χ0n) is 12.2. The van der Waals surface area contributed by atoms with Crippen molar-refractivity contribution in [1.82, 2.24) is 10.2 Å². The van der Waals surface area contributed by atoms with E-state index in [-0.39, 0.29) is 17.9 Å². The molecule has 18 heavy (non-hydrogen) atoms. The number of hydrogen-bond acceptors (Lipinski definition) is 2. The summed E-state index contributed by atoms with van der Waals surface area (Å²) in [7, 11) is 0. The van der Waals surface area contributed by atoms with E-state index in [1.807, 2.05) is 0 Å². The molecule has 1 aliphatic rings. The number of rotatable bonds is 5. The SMILES string of the molecule is CC(C)CCCCN1C(=O)C(C)(C)NC(=O)C1C. The molecule has 0 aliphatic carbocycles. The minimum atomic E-state index is -0.762. The highest BCUT2D eigenvalue weighted by molar-refractivity contribution is 5.99. The number of nitrogens with zero attached hydrogens (tertiary/aromatic N) is 1. The van der Waals surface area contributed by atoms with Crippen LogP contribution in [0, 0.1) is 5.92 Å². The number of nitrogens with one attached hydrogen (secondary N) is 1.